The molecule has 23 heavy (non-hydrogen) atoms. The highest BCUT2D eigenvalue weighted by molar-refractivity contribution is 14.0. The second-order valence-corrected chi connectivity index (χ2v) is 4.84. The Kier molecular flexibility index (Phi) is 9.25. The molecule has 0 saturated carbocycles. The van der Waals surface area contributed by atoms with Crippen molar-refractivity contribution >= 4 is 29.9 Å². The summed E-state index contributed by atoms with van der Waals surface area (Å²) in [7, 11) is 1.78. The molecule has 0 aromatic carbocycles. The van der Waals surface area contributed by atoms with Crippen LogP contribution in [0, 0.1) is 0 Å². The molecule has 0 aliphatic carbocycles. The number of aromatic nitrogens is 5. The van der Waals surface area contributed by atoms with Gasteiger partial charge in [0, 0.05) is 52.0 Å². The molecular formula is C14H25IN8. The molecule has 0 atom stereocenters. The number of hydrogen-bond acceptors (Lipinski definition) is 4. The fourth-order valence-electron chi connectivity index (χ4n) is 2.14. The Morgan fingerprint density at radius 1 is 1.26 bits per heavy atom. The van der Waals surface area contributed by atoms with E-state index >= 15 is 0 Å². The summed E-state index contributed by atoms with van der Waals surface area (Å²) in [5.74, 6) is 1.82. The van der Waals surface area contributed by atoms with Gasteiger partial charge in [0.1, 0.15) is 12.2 Å². The minimum Gasteiger partial charge on any atom is -0.356 e. The molecule has 0 aliphatic heterocycles. The number of rotatable bonds is 8. The van der Waals surface area contributed by atoms with E-state index in [-0.39, 0.29) is 24.0 Å². The molecule has 2 N–H and O–H groups in total. The van der Waals surface area contributed by atoms with Crippen LogP contribution in [0.4, 0.5) is 0 Å². The maximum Gasteiger partial charge on any atom is 0.191 e. The molecule has 2 rings (SSSR count). The van der Waals surface area contributed by atoms with E-state index in [1.807, 2.05) is 16.9 Å². The summed E-state index contributed by atoms with van der Waals surface area (Å²) in [6.45, 7) is 5.44. The zero-order chi connectivity index (χ0) is 15.6. The molecule has 0 fully saturated rings. The number of aryl methyl sites for hydroxylation is 2. The normalized spacial score (nSPS) is 11.1. The van der Waals surface area contributed by atoms with Crippen LogP contribution in [0.1, 0.15) is 19.2 Å². The third-order valence-electron chi connectivity index (χ3n) is 3.30. The van der Waals surface area contributed by atoms with Gasteiger partial charge >= 0.3 is 0 Å². The summed E-state index contributed by atoms with van der Waals surface area (Å²) in [5, 5.41) is 18.8. The summed E-state index contributed by atoms with van der Waals surface area (Å²) in [6.07, 6.45) is 7.41. The highest BCUT2D eigenvalue weighted by atomic mass is 127. The second-order valence-electron chi connectivity index (χ2n) is 4.84. The fraction of sp³-hybridized carbons (Fsp3) is 0.571. The Morgan fingerprint density at radius 3 is 2.78 bits per heavy atom. The average molecular weight is 432 g/mol. The van der Waals surface area contributed by atoms with Gasteiger partial charge in [-0.2, -0.15) is 5.10 Å². The summed E-state index contributed by atoms with van der Waals surface area (Å²) in [4.78, 5) is 4.22. The molecule has 0 amide bonds. The van der Waals surface area contributed by atoms with Crippen LogP contribution in [0.5, 0.6) is 0 Å². The molecule has 0 spiro atoms. The van der Waals surface area contributed by atoms with E-state index in [0.717, 1.165) is 50.8 Å². The largest absolute Gasteiger partial charge is 0.356 e. The first kappa shape index (κ1) is 19.4. The fourth-order valence-corrected chi connectivity index (χ4v) is 2.14. The van der Waals surface area contributed by atoms with Crippen molar-refractivity contribution in [2.45, 2.75) is 32.9 Å². The molecule has 128 valence electrons. The molecule has 0 unspecified atom stereocenters. The van der Waals surface area contributed by atoms with E-state index in [4.69, 9.17) is 0 Å². The lowest BCUT2D eigenvalue weighted by Gasteiger charge is -2.12. The first-order chi connectivity index (χ1) is 10.8. The topological polar surface area (TPSA) is 85.0 Å². The molecule has 2 heterocycles. The zero-order valence-electron chi connectivity index (χ0n) is 13.6. The number of halogens is 1. The third kappa shape index (κ3) is 6.55. The van der Waals surface area contributed by atoms with Crippen LogP contribution in [0.15, 0.2) is 29.8 Å². The second kappa shape index (κ2) is 11.0. The van der Waals surface area contributed by atoms with Gasteiger partial charge in [-0.3, -0.25) is 9.67 Å². The summed E-state index contributed by atoms with van der Waals surface area (Å²) >= 11 is 0. The van der Waals surface area contributed by atoms with Gasteiger partial charge in [0.25, 0.3) is 0 Å². The quantitative estimate of drug-likeness (QED) is 0.281. The lowest BCUT2D eigenvalue weighted by atomic mass is 10.4. The molecule has 8 nitrogen and oxygen atoms in total. The van der Waals surface area contributed by atoms with Gasteiger partial charge in [0.05, 0.1) is 0 Å². The van der Waals surface area contributed by atoms with E-state index in [1.54, 1.807) is 19.6 Å². The predicted octanol–water partition coefficient (Wildman–Crippen LogP) is 0.910. The summed E-state index contributed by atoms with van der Waals surface area (Å²) in [6, 6.07) is 1.93. The highest BCUT2D eigenvalue weighted by Crippen LogP contribution is 1.94. The van der Waals surface area contributed by atoms with Crippen molar-refractivity contribution in [3.63, 3.8) is 0 Å². The minimum absolute atomic E-state index is 0. The Labute approximate surface area is 153 Å². The average Bonchev–Trinajstić information content (AvgIpc) is 3.20. The Balaban J connectivity index is 0.00000264. The molecular weight excluding hydrogens is 407 g/mol. The molecule has 9 heteroatoms. The zero-order valence-corrected chi connectivity index (χ0v) is 16.0. The van der Waals surface area contributed by atoms with Gasteiger partial charge in [-0.25, -0.2) is 0 Å². The minimum atomic E-state index is 0. The smallest absolute Gasteiger partial charge is 0.191 e. The summed E-state index contributed by atoms with van der Waals surface area (Å²) in [5.41, 5.74) is 0. The van der Waals surface area contributed by atoms with E-state index in [9.17, 15) is 0 Å². The van der Waals surface area contributed by atoms with Crippen molar-refractivity contribution in [1.29, 1.82) is 0 Å². The van der Waals surface area contributed by atoms with Gasteiger partial charge in [-0.15, -0.1) is 34.2 Å². The van der Waals surface area contributed by atoms with Crippen LogP contribution in [0.3, 0.4) is 0 Å². The number of hydrogen-bond donors (Lipinski definition) is 2. The molecule has 2 aromatic heterocycles. The van der Waals surface area contributed by atoms with Crippen LogP contribution in [-0.2, 0) is 19.5 Å². The van der Waals surface area contributed by atoms with Crippen molar-refractivity contribution in [2.24, 2.45) is 4.99 Å². The molecule has 0 saturated heterocycles. The molecule has 0 radical (unpaired) electrons. The highest BCUT2D eigenvalue weighted by Gasteiger charge is 2.02. The number of aliphatic imine (C=N–C) groups is 1. The molecule has 2 aromatic rings. The van der Waals surface area contributed by atoms with E-state index < -0.39 is 0 Å². The first-order valence-electron chi connectivity index (χ1n) is 7.62. The standard InChI is InChI=1S/C14H24N8.HI/c1-3-13-20-18-12-21(13)11-8-17-14(15-2)16-6-4-9-22-10-5-7-19-22;/h5,7,10,12H,3-4,6,8-9,11H2,1-2H3,(H2,15,16,17);1H. The van der Waals surface area contributed by atoms with E-state index in [2.05, 4.69) is 42.4 Å². The Hall–Kier alpha value is -1.65. The van der Waals surface area contributed by atoms with Crippen LogP contribution in [0.2, 0.25) is 0 Å². The molecule has 0 aliphatic rings. The predicted molar refractivity (Wildman–Crippen MR) is 101 cm³/mol. The van der Waals surface area contributed by atoms with Crippen molar-refractivity contribution in [3.05, 3.63) is 30.6 Å². The van der Waals surface area contributed by atoms with E-state index in [0.29, 0.717) is 0 Å². The van der Waals surface area contributed by atoms with Gasteiger partial charge in [0.2, 0.25) is 0 Å². The van der Waals surface area contributed by atoms with Crippen molar-refractivity contribution < 1.29 is 0 Å². The molecule has 0 bridgehead atoms. The van der Waals surface area contributed by atoms with Gasteiger partial charge in [-0.1, -0.05) is 6.92 Å². The van der Waals surface area contributed by atoms with Crippen LogP contribution < -0.4 is 10.6 Å². The summed E-state index contributed by atoms with van der Waals surface area (Å²) < 4.78 is 3.98. The van der Waals surface area contributed by atoms with Crippen LogP contribution >= 0.6 is 24.0 Å². The number of nitrogens with zero attached hydrogens (tertiary/aromatic N) is 6. The van der Waals surface area contributed by atoms with Gasteiger partial charge in [-0.05, 0) is 12.5 Å². The third-order valence-corrected chi connectivity index (χ3v) is 3.30. The number of nitrogens with one attached hydrogen (secondary N) is 2. The lowest BCUT2D eigenvalue weighted by Crippen LogP contribution is -2.39. The van der Waals surface area contributed by atoms with Crippen molar-refractivity contribution in [3.8, 4) is 0 Å². The van der Waals surface area contributed by atoms with Crippen molar-refractivity contribution in [2.75, 3.05) is 20.1 Å². The van der Waals surface area contributed by atoms with Crippen LogP contribution in [-0.4, -0.2) is 50.6 Å². The Bertz CT molecular complexity index is 563. The first-order valence-corrected chi connectivity index (χ1v) is 7.62. The maximum atomic E-state index is 4.22. The van der Waals surface area contributed by atoms with Gasteiger partial charge < -0.3 is 15.2 Å². The maximum absolute atomic E-state index is 4.22. The number of guanidine groups is 1. The van der Waals surface area contributed by atoms with E-state index in [1.165, 1.54) is 0 Å². The van der Waals surface area contributed by atoms with Crippen molar-refractivity contribution in [1.82, 2.24) is 35.2 Å². The van der Waals surface area contributed by atoms with Gasteiger partial charge in [0.15, 0.2) is 5.96 Å². The van der Waals surface area contributed by atoms with Crippen LogP contribution in [0.25, 0.3) is 0 Å². The SMILES string of the molecule is CCc1nncn1CCNC(=NC)NCCCn1cccn1.I. The monoisotopic (exact) mass is 432 g/mol. The Morgan fingerprint density at radius 2 is 2.09 bits per heavy atom. The lowest BCUT2D eigenvalue weighted by molar-refractivity contribution is 0.568.